The monoisotopic (exact) mass is 330 g/mol. The van der Waals surface area contributed by atoms with Crippen LogP contribution in [0.2, 0.25) is 0 Å². The molecule has 6 nitrogen and oxygen atoms in total. The van der Waals surface area contributed by atoms with Gasteiger partial charge in [-0.3, -0.25) is 4.79 Å². The number of amides is 1. The molecule has 6 heteroatoms. The summed E-state index contributed by atoms with van der Waals surface area (Å²) < 4.78 is 10.8. The number of nitrogens with zero attached hydrogens (tertiary/aromatic N) is 1. The van der Waals surface area contributed by atoms with Crippen molar-refractivity contribution >= 4 is 17.3 Å². The summed E-state index contributed by atoms with van der Waals surface area (Å²) in [6.07, 6.45) is -0.734. The first-order chi connectivity index (χ1) is 11.5. The van der Waals surface area contributed by atoms with E-state index < -0.39 is 6.10 Å². The Balaban J connectivity index is 1.89. The maximum Gasteiger partial charge on any atom is 0.267 e. The summed E-state index contributed by atoms with van der Waals surface area (Å²) in [5, 5.41) is 6.72. The van der Waals surface area contributed by atoms with Crippen molar-refractivity contribution in [3.05, 3.63) is 47.9 Å². The van der Waals surface area contributed by atoms with Gasteiger partial charge in [0.1, 0.15) is 17.2 Å². The van der Waals surface area contributed by atoms with Crippen LogP contribution in [0.5, 0.6) is 5.75 Å². The standard InChI is InChI=1S/C18H22N2O4/c1-5-22-16-9-7-15(8-10-16)19-18(21)14(4)24-20-13(3)17-11-6-12(2)23-17/h6-11,14H,5H2,1-4H3,(H,19,21). The first kappa shape index (κ1) is 17.6. The number of hydrogen-bond donors (Lipinski definition) is 1. The molecular weight excluding hydrogens is 308 g/mol. The van der Waals surface area contributed by atoms with Gasteiger partial charge >= 0.3 is 0 Å². The molecule has 1 amide bonds. The zero-order valence-electron chi connectivity index (χ0n) is 14.3. The number of anilines is 1. The van der Waals surface area contributed by atoms with Crippen LogP contribution in [0.15, 0.2) is 46.0 Å². The number of rotatable bonds is 7. The number of carbonyl (C=O) groups is 1. The second-order valence-corrected chi connectivity index (χ2v) is 5.28. The van der Waals surface area contributed by atoms with E-state index >= 15 is 0 Å². The summed E-state index contributed by atoms with van der Waals surface area (Å²) >= 11 is 0. The van der Waals surface area contributed by atoms with Crippen LogP contribution in [0.25, 0.3) is 0 Å². The van der Waals surface area contributed by atoms with Crippen LogP contribution in [-0.4, -0.2) is 24.3 Å². The van der Waals surface area contributed by atoms with Crippen LogP contribution in [0.1, 0.15) is 32.3 Å². The Morgan fingerprint density at radius 1 is 1.25 bits per heavy atom. The van der Waals surface area contributed by atoms with Gasteiger partial charge in [0.2, 0.25) is 6.10 Å². The minimum atomic E-state index is -0.734. The second kappa shape index (κ2) is 8.19. The van der Waals surface area contributed by atoms with Crippen LogP contribution in [0.3, 0.4) is 0 Å². The highest BCUT2D eigenvalue weighted by Gasteiger charge is 2.15. The molecule has 0 fully saturated rings. The van der Waals surface area contributed by atoms with E-state index in [1.165, 1.54) is 0 Å². The van der Waals surface area contributed by atoms with Crippen molar-refractivity contribution in [1.82, 2.24) is 0 Å². The highest BCUT2D eigenvalue weighted by atomic mass is 16.6. The Morgan fingerprint density at radius 3 is 2.54 bits per heavy atom. The molecule has 1 heterocycles. The minimum Gasteiger partial charge on any atom is -0.494 e. The maximum absolute atomic E-state index is 12.1. The third-order valence-corrected chi connectivity index (χ3v) is 3.25. The Labute approximate surface area is 141 Å². The Kier molecular flexibility index (Phi) is 6.01. The molecule has 1 unspecified atom stereocenters. The van der Waals surface area contributed by atoms with E-state index in [4.69, 9.17) is 14.0 Å². The summed E-state index contributed by atoms with van der Waals surface area (Å²) in [6.45, 7) is 7.76. The maximum atomic E-state index is 12.1. The van der Waals surface area contributed by atoms with Gasteiger partial charge in [0.25, 0.3) is 5.91 Å². The zero-order valence-corrected chi connectivity index (χ0v) is 14.3. The topological polar surface area (TPSA) is 73.1 Å². The van der Waals surface area contributed by atoms with Crippen molar-refractivity contribution in [3.8, 4) is 5.75 Å². The Hall–Kier alpha value is -2.76. The van der Waals surface area contributed by atoms with Gasteiger partial charge in [-0.15, -0.1) is 0 Å². The van der Waals surface area contributed by atoms with Gasteiger partial charge in [0.15, 0.2) is 5.76 Å². The third kappa shape index (κ3) is 4.87. The largest absolute Gasteiger partial charge is 0.494 e. The lowest BCUT2D eigenvalue weighted by Gasteiger charge is -2.11. The van der Waals surface area contributed by atoms with Crippen LogP contribution >= 0.6 is 0 Å². The molecule has 2 aromatic rings. The van der Waals surface area contributed by atoms with Gasteiger partial charge < -0.3 is 19.3 Å². The van der Waals surface area contributed by atoms with Crippen molar-refractivity contribution in [2.24, 2.45) is 5.16 Å². The van der Waals surface area contributed by atoms with E-state index in [9.17, 15) is 4.79 Å². The lowest BCUT2D eigenvalue weighted by atomic mass is 10.3. The molecule has 2 rings (SSSR count). The van der Waals surface area contributed by atoms with Gasteiger partial charge in [-0.05, 0) is 64.1 Å². The molecule has 1 N–H and O–H groups in total. The van der Waals surface area contributed by atoms with Crippen molar-refractivity contribution < 1.29 is 18.8 Å². The highest BCUT2D eigenvalue weighted by Crippen LogP contribution is 2.16. The Bertz CT molecular complexity index is 704. The number of ether oxygens (including phenoxy) is 1. The predicted octanol–water partition coefficient (Wildman–Crippen LogP) is 3.75. The number of furan rings is 1. The lowest BCUT2D eigenvalue weighted by molar-refractivity contribution is -0.126. The molecule has 0 bridgehead atoms. The molecule has 0 spiro atoms. The van der Waals surface area contributed by atoms with Crippen LogP contribution < -0.4 is 10.1 Å². The fourth-order valence-corrected chi connectivity index (χ4v) is 1.92. The zero-order chi connectivity index (χ0) is 17.5. The van der Waals surface area contributed by atoms with Crippen molar-refractivity contribution in [2.75, 3.05) is 11.9 Å². The normalized spacial score (nSPS) is 12.6. The number of carbonyl (C=O) groups excluding carboxylic acids is 1. The first-order valence-corrected chi connectivity index (χ1v) is 7.80. The van der Waals surface area contributed by atoms with Gasteiger partial charge in [-0.2, -0.15) is 0 Å². The quantitative estimate of drug-likeness (QED) is 0.620. The number of aryl methyl sites for hydroxylation is 1. The van der Waals surface area contributed by atoms with Crippen molar-refractivity contribution in [3.63, 3.8) is 0 Å². The summed E-state index contributed by atoms with van der Waals surface area (Å²) in [7, 11) is 0. The van der Waals surface area contributed by atoms with Gasteiger partial charge in [0.05, 0.1) is 6.61 Å². The molecular formula is C18H22N2O4. The predicted molar refractivity (Wildman–Crippen MR) is 92.4 cm³/mol. The summed E-state index contributed by atoms with van der Waals surface area (Å²) in [6, 6.07) is 10.8. The number of oxime groups is 1. The first-order valence-electron chi connectivity index (χ1n) is 7.80. The fraction of sp³-hybridized carbons (Fsp3) is 0.333. The summed E-state index contributed by atoms with van der Waals surface area (Å²) in [5.74, 6) is 1.88. The fourth-order valence-electron chi connectivity index (χ4n) is 1.92. The van der Waals surface area contributed by atoms with E-state index in [1.54, 1.807) is 38.1 Å². The van der Waals surface area contributed by atoms with Gasteiger partial charge in [-0.1, -0.05) is 5.16 Å². The molecule has 1 aromatic heterocycles. The molecule has 0 radical (unpaired) electrons. The van der Waals surface area contributed by atoms with Crippen LogP contribution in [0.4, 0.5) is 5.69 Å². The average Bonchev–Trinajstić information content (AvgIpc) is 3.01. The van der Waals surface area contributed by atoms with E-state index in [0.29, 0.717) is 23.8 Å². The smallest absolute Gasteiger partial charge is 0.267 e. The molecule has 0 aliphatic rings. The average molecular weight is 330 g/mol. The van der Waals surface area contributed by atoms with E-state index in [1.807, 2.05) is 26.0 Å². The van der Waals surface area contributed by atoms with E-state index in [0.717, 1.165) is 11.5 Å². The molecule has 0 saturated heterocycles. The number of benzene rings is 1. The molecule has 0 aliphatic carbocycles. The molecule has 128 valence electrons. The van der Waals surface area contributed by atoms with Crippen molar-refractivity contribution in [2.45, 2.75) is 33.8 Å². The molecule has 0 saturated carbocycles. The molecule has 1 atom stereocenters. The van der Waals surface area contributed by atoms with Gasteiger partial charge in [0, 0.05) is 5.69 Å². The Morgan fingerprint density at radius 2 is 1.96 bits per heavy atom. The molecule has 0 aliphatic heterocycles. The second-order valence-electron chi connectivity index (χ2n) is 5.28. The molecule has 1 aromatic carbocycles. The van der Waals surface area contributed by atoms with E-state index in [2.05, 4.69) is 10.5 Å². The van der Waals surface area contributed by atoms with Crippen LogP contribution in [-0.2, 0) is 9.63 Å². The molecule has 24 heavy (non-hydrogen) atoms. The summed E-state index contributed by atoms with van der Waals surface area (Å²) in [4.78, 5) is 17.4. The number of hydrogen-bond acceptors (Lipinski definition) is 5. The lowest BCUT2D eigenvalue weighted by Crippen LogP contribution is -2.26. The minimum absolute atomic E-state index is 0.286. The number of nitrogens with one attached hydrogen (secondary N) is 1. The van der Waals surface area contributed by atoms with Crippen LogP contribution in [0, 0.1) is 6.92 Å². The third-order valence-electron chi connectivity index (χ3n) is 3.25. The summed E-state index contributed by atoms with van der Waals surface area (Å²) in [5.41, 5.74) is 1.24. The SMILES string of the molecule is CCOc1ccc(NC(=O)C(C)ON=C(C)c2ccc(C)o2)cc1. The van der Waals surface area contributed by atoms with E-state index in [-0.39, 0.29) is 5.91 Å². The van der Waals surface area contributed by atoms with Crippen molar-refractivity contribution in [1.29, 1.82) is 0 Å². The van der Waals surface area contributed by atoms with Gasteiger partial charge in [-0.25, -0.2) is 0 Å². The highest BCUT2D eigenvalue weighted by molar-refractivity contribution is 5.96.